The number of aromatic nitrogens is 1. The lowest BCUT2D eigenvalue weighted by Gasteiger charge is -2.23. The molecule has 128 valence electrons. The van der Waals surface area contributed by atoms with E-state index in [9.17, 15) is 13.6 Å². The molecule has 0 radical (unpaired) electrons. The molecule has 3 nitrogen and oxygen atoms in total. The van der Waals surface area contributed by atoms with Gasteiger partial charge in [0.25, 0.3) is 5.91 Å². The third kappa shape index (κ3) is 3.74. The quantitative estimate of drug-likeness (QED) is 0.666. The van der Waals surface area contributed by atoms with Crippen molar-refractivity contribution in [3.63, 3.8) is 0 Å². The van der Waals surface area contributed by atoms with E-state index >= 15 is 0 Å². The number of aryl methyl sites for hydroxylation is 2. The van der Waals surface area contributed by atoms with Gasteiger partial charge in [0.1, 0.15) is 11.6 Å². The highest BCUT2D eigenvalue weighted by atomic mass is 32.1. The van der Waals surface area contributed by atoms with E-state index in [0.717, 1.165) is 21.9 Å². The van der Waals surface area contributed by atoms with E-state index in [4.69, 9.17) is 0 Å². The Hall–Kier alpha value is -2.60. The molecule has 0 bridgehead atoms. The molecule has 6 heteroatoms. The summed E-state index contributed by atoms with van der Waals surface area (Å²) in [4.78, 5) is 20.4. The van der Waals surface area contributed by atoms with Crippen molar-refractivity contribution in [2.24, 2.45) is 0 Å². The zero-order chi connectivity index (χ0) is 18.0. The van der Waals surface area contributed by atoms with Crippen LogP contribution in [0.5, 0.6) is 0 Å². The number of pyridine rings is 1. The lowest BCUT2D eigenvalue weighted by atomic mass is 10.1. The first-order valence-electron chi connectivity index (χ1n) is 7.69. The van der Waals surface area contributed by atoms with Crippen LogP contribution in [0.2, 0.25) is 0 Å². The normalized spacial score (nSPS) is 10.7. The van der Waals surface area contributed by atoms with E-state index in [1.54, 1.807) is 30.5 Å². The first-order chi connectivity index (χ1) is 12.0. The minimum Gasteiger partial charge on any atom is -0.299 e. The molecule has 0 N–H and O–H groups in total. The van der Waals surface area contributed by atoms with Crippen LogP contribution >= 0.6 is 11.3 Å². The summed E-state index contributed by atoms with van der Waals surface area (Å²) in [5.74, 6) is -1.80. The highest BCUT2D eigenvalue weighted by Crippen LogP contribution is 2.28. The van der Waals surface area contributed by atoms with Crippen LogP contribution in [0.25, 0.3) is 0 Å². The van der Waals surface area contributed by atoms with Crippen LogP contribution in [0, 0.1) is 25.5 Å². The smallest absolute Gasteiger partial charge is 0.259 e. The zero-order valence-corrected chi connectivity index (χ0v) is 14.6. The summed E-state index contributed by atoms with van der Waals surface area (Å²) in [5, 5.41) is 0. The van der Waals surface area contributed by atoms with Crippen LogP contribution < -0.4 is 4.90 Å². The van der Waals surface area contributed by atoms with Gasteiger partial charge >= 0.3 is 0 Å². The summed E-state index contributed by atoms with van der Waals surface area (Å²) in [5.41, 5.74) is 1.16. The molecule has 3 aromatic rings. The molecule has 0 aliphatic heterocycles. The van der Waals surface area contributed by atoms with Gasteiger partial charge < -0.3 is 0 Å². The molecule has 25 heavy (non-hydrogen) atoms. The minimum absolute atomic E-state index is 0.0281. The molecule has 0 saturated heterocycles. The Morgan fingerprint density at radius 2 is 1.96 bits per heavy atom. The van der Waals surface area contributed by atoms with Crippen LogP contribution in [0.4, 0.5) is 14.5 Å². The van der Waals surface area contributed by atoms with E-state index in [1.165, 1.54) is 22.3 Å². The summed E-state index contributed by atoms with van der Waals surface area (Å²) in [6.45, 7) is 3.86. The molecule has 2 heterocycles. The van der Waals surface area contributed by atoms with E-state index in [1.807, 2.05) is 13.8 Å². The fourth-order valence-electron chi connectivity index (χ4n) is 2.61. The second-order valence-electron chi connectivity index (χ2n) is 5.64. The van der Waals surface area contributed by atoms with Gasteiger partial charge in [-0.15, -0.1) is 11.3 Å². The van der Waals surface area contributed by atoms with E-state index in [2.05, 4.69) is 4.98 Å². The summed E-state index contributed by atoms with van der Waals surface area (Å²) in [6, 6.07) is 10.3. The van der Waals surface area contributed by atoms with Gasteiger partial charge in [0.2, 0.25) is 0 Å². The van der Waals surface area contributed by atoms with Crippen LogP contribution in [-0.4, -0.2) is 10.9 Å². The number of carbonyl (C=O) groups excluding carboxylic acids is 1. The van der Waals surface area contributed by atoms with Gasteiger partial charge in [-0.05, 0) is 44.2 Å². The number of thiophene rings is 1. The van der Waals surface area contributed by atoms with Crippen LogP contribution in [-0.2, 0) is 6.54 Å². The van der Waals surface area contributed by atoms with Crippen LogP contribution in [0.15, 0.2) is 48.7 Å². The van der Waals surface area contributed by atoms with Crippen molar-refractivity contribution in [1.29, 1.82) is 0 Å². The van der Waals surface area contributed by atoms with E-state index in [0.29, 0.717) is 11.3 Å². The van der Waals surface area contributed by atoms with Gasteiger partial charge in [-0.2, -0.15) is 0 Å². The Balaban J connectivity index is 2.05. The van der Waals surface area contributed by atoms with Gasteiger partial charge in [0, 0.05) is 22.0 Å². The Labute approximate surface area is 148 Å². The highest BCUT2D eigenvalue weighted by molar-refractivity contribution is 7.12. The van der Waals surface area contributed by atoms with Crippen molar-refractivity contribution >= 4 is 22.9 Å². The summed E-state index contributed by atoms with van der Waals surface area (Å²) < 4.78 is 27.6. The molecule has 0 saturated carbocycles. The topological polar surface area (TPSA) is 33.2 Å². The number of hydrogen-bond acceptors (Lipinski definition) is 3. The summed E-state index contributed by atoms with van der Waals surface area (Å²) in [6.07, 6.45) is 1.61. The number of carbonyl (C=O) groups is 1. The fraction of sp³-hybridized carbons (Fsp3) is 0.158. The van der Waals surface area contributed by atoms with Gasteiger partial charge in [0.05, 0.1) is 23.5 Å². The predicted octanol–water partition coefficient (Wildman–Crippen LogP) is 4.89. The lowest BCUT2D eigenvalue weighted by Crippen LogP contribution is -2.31. The number of rotatable bonds is 4. The van der Waals surface area contributed by atoms with Gasteiger partial charge in [-0.3, -0.25) is 14.7 Å². The average Bonchev–Trinajstić information content (AvgIpc) is 2.92. The van der Waals surface area contributed by atoms with Gasteiger partial charge in [0.15, 0.2) is 0 Å². The molecule has 0 fully saturated rings. The Bertz CT molecular complexity index is 909. The largest absolute Gasteiger partial charge is 0.299 e. The minimum atomic E-state index is -0.783. The average molecular weight is 358 g/mol. The summed E-state index contributed by atoms with van der Waals surface area (Å²) >= 11 is 1.51. The number of nitrogens with zero attached hydrogens (tertiary/aromatic N) is 2. The number of anilines is 1. The fourth-order valence-corrected chi connectivity index (χ4v) is 3.52. The summed E-state index contributed by atoms with van der Waals surface area (Å²) in [7, 11) is 0. The monoisotopic (exact) mass is 358 g/mol. The molecule has 0 unspecified atom stereocenters. The molecule has 0 atom stereocenters. The Morgan fingerprint density at radius 3 is 2.56 bits per heavy atom. The molecule has 1 aromatic carbocycles. The van der Waals surface area contributed by atoms with Gasteiger partial charge in [-0.25, -0.2) is 8.78 Å². The number of hydrogen-bond donors (Lipinski definition) is 0. The third-order valence-corrected chi connectivity index (χ3v) is 4.73. The maximum atomic E-state index is 14.3. The first kappa shape index (κ1) is 17.2. The second kappa shape index (κ2) is 7.11. The number of halogens is 2. The van der Waals surface area contributed by atoms with Crippen molar-refractivity contribution in [2.45, 2.75) is 20.4 Å². The van der Waals surface area contributed by atoms with Crippen LogP contribution in [0.1, 0.15) is 25.8 Å². The molecular formula is C19H16F2N2OS. The van der Waals surface area contributed by atoms with Crippen LogP contribution in [0.3, 0.4) is 0 Å². The van der Waals surface area contributed by atoms with E-state index in [-0.39, 0.29) is 18.1 Å². The van der Waals surface area contributed by atoms with Crippen molar-refractivity contribution in [2.75, 3.05) is 4.90 Å². The maximum Gasteiger partial charge on any atom is 0.259 e. The molecule has 2 aromatic heterocycles. The van der Waals surface area contributed by atoms with E-state index < -0.39 is 11.6 Å². The van der Waals surface area contributed by atoms with Crippen molar-refractivity contribution in [3.8, 4) is 0 Å². The van der Waals surface area contributed by atoms with Gasteiger partial charge in [-0.1, -0.05) is 6.07 Å². The molecule has 0 aliphatic rings. The SMILES string of the molecule is Cc1cc(C(=O)N(Cc2ccccn2)c2ccc(F)cc2F)c(C)s1. The maximum absolute atomic E-state index is 14.3. The zero-order valence-electron chi connectivity index (χ0n) is 13.8. The molecular weight excluding hydrogens is 342 g/mol. The first-order valence-corrected chi connectivity index (χ1v) is 8.51. The number of benzene rings is 1. The van der Waals surface area contributed by atoms with Crippen molar-refractivity contribution < 1.29 is 13.6 Å². The highest BCUT2D eigenvalue weighted by Gasteiger charge is 2.24. The second-order valence-corrected chi connectivity index (χ2v) is 7.10. The predicted molar refractivity (Wildman–Crippen MR) is 94.9 cm³/mol. The Kier molecular flexibility index (Phi) is 4.90. The Morgan fingerprint density at radius 1 is 1.16 bits per heavy atom. The molecule has 0 aliphatic carbocycles. The lowest BCUT2D eigenvalue weighted by molar-refractivity contribution is 0.0983. The third-order valence-electron chi connectivity index (χ3n) is 3.76. The molecule has 0 spiro atoms. The molecule has 3 rings (SSSR count). The van der Waals surface area contributed by atoms with Crippen molar-refractivity contribution in [1.82, 2.24) is 4.98 Å². The number of amides is 1. The molecule has 1 amide bonds. The van der Waals surface area contributed by atoms with Crippen molar-refractivity contribution in [3.05, 3.63) is 81.3 Å². The standard InChI is InChI=1S/C19H16F2N2OS/c1-12-9-16(13(2)25-12)19(24)23(11-15-5-3-4-8-22-15)18-7-6-14(20)10-17(18)21/h3-10H,11H2,1-2H3.